The standard InChI is InChI=1S/CCl2O.4CO.2Rh/c2-1(3)4;4*1-2;;. The van der Waals surface area contributed by atoms with Crippen LogP contribution in [0.4, 0.5) is 4.79 Å². The molecule has 0 bridgehead atoms. The Bertz CT molecular complexity index is 450. The van der Waals surface area contributed by atoms with E-state index in [1.165, 1.54) is 0 Å². The second-order valence-electron chi connectivity index (χ2n) is 0.998. The first-order valence-electron chi connectivity index (χ1n) is 2.07. The van der Waals surface area contributed by atoms with Crippen LogP contribution >= 0.6 is 23.2 Å². The number of hydrogen-bond donors (Lipinski definition) is 0. The maximum absolute atomic E-state index is 9.68. The van der Waals surface area contributed by atoms with Gasteiger partial charge in [-0.3, -0.25) is 4.79 Å². The normalized spacial score (nSPS) is 7.00. The second kappa shape index (κ2) is 10.9. The van der Waals surface area contributed by atoms with Gasteiger partial charge in [-0.05, 0) is 23.2 Å². The Morgan fingerprint density at radius 3 is 1.00 bits per heavy atom. The first-order chi connectivity index (χ1) is 5.97. The van der Waals surface area contributed by atoms with E-state index in [-0.39, 0.29) is 19.5 Å². The monoisotopic (exact) mass is 416 g/mol. The van der Waals surface area contributed by atoms with Crippen molar-refractivity contribution < 1.29 is 56.4 Å². The topological polar surface area (TPSA) is 85.3 Å². The third-order valence-corrected chi connectivity index (χ3v) is 2.42. The molecule has 0 heterocycles. The molecule has 0 aliphatic heterocycles. The molecular formula is C5Cl2O5Rh2. The largest absolute Gasteiger partial charge is 0 e. The molecular weight excluding hydrogens is 417 g/mol. The van der Waals surface area contributed by atoms with E-state index in [0.717, 1.165) is 17.9 Å². The predicted octanol–water partition coefficient (Wildman–Crippen LogP) is -0.00940. The summed E-state index contributed by atoms with van der Waals surface area (Å²) in [6.45, 7) is 0. The zero-order chi connectivity index (χ0) is 10.9. The van der Waals surface area contributed by atoms with Gasteiger partial charge in [0.15, 0.2) is 0 Å². The fourth-order valence-corrected chi connectivity index (χ4v) is 0.493. The minimum Gasteiger partial charge on any atom is 0 e. The average Bonchev–Trinajstić information content (AvgIpc) is 2.09. The molecule has 0 aromatic rings. The fraction of sp³-hybridized carbons (Fsp3) is 0. The summed E-state index contributed by atoms with van der Waals surface area (Å²) < 4.78 is 3.13. The Kier molecular flexibility index (Phi) is 15.1. The van der Waals surface area contributed by atoms with Crippen LogP contribution in [0.5, 0.6) is 0 Å². The van der Waals surface area contributed by atoms with E-state index in [1.807, 2.05) is 0 Å². The average molecular weight is 417 g/mol. The van der Waals surface area contributed by atoms with Crippen molar-refractivity contribution in [3.63, 3.8) is 0 Å². The molecule has 0 amide bonds. The molecule has 0 atom stereocenters. The van der Waals surface area contributed by atoms with E-state index in [1.54, 1.807) is 0 Å². The summed E-state index contributed by atoms with van der Waals surface area (Å²) in [5, 5.41) is 0. The van der Waals surface area contributed by atoms with Crippen molar-refractivity contribution >= 4 is 45.8 Å². The first-order valence-corrected chi connectivity index (χ1v) is 6.10. The molecule has 0 fully saturated rings. The van der Waals surface area contributed by atoms with Gasteiger partial charge in [0.2, 0.25) is 0 Å². The molecule has 82 valence electrons. The first kappa shape index (κ1) is 19.4. The molecule has 0 spiro atoms. The van der Waals surface area contributed by atoms with Crippen LogP contribution < -0.4 is 0 Å². The fourth-order valence-electron chi connectivity index (χ4n) is 0.0833. The van der Waals surface area contributed by atoms with Crippen molar-refractivity contribution in [1.29, 1.82) is 0 Å². The maximum atomic E-state index is 9.68. The molecule has 0 rings (SSSR count). The molecule has 14 heavy (non-hydrogen) atoms. The smallest absolute Gasteiger partial charge is 0 e. The van der Waals surface area contributed by atoms with Gasteiger partial charge in [-0.25, -0.2) is 0 Å². The molecule has 1 radical (unpaired) electrons. The van der Waals surface area contributed by atoms with Gasteiger partial charge in [-0.15, -0.1) is 0 Å². The van der Waals surface area contributed by atoms with Gasteiger partial charge < -0.3 is 0 Å². The third-order valence-electron chi connectivity index (χ3n) is 0.408. The number of hydrogen-bond acceptors (Lipinski definition) is 5. The van der Waals surface area contributed by atoms with Gasteiger partial charge in [-0.1, -0.05) is 0 Å². The van der Waals surface area contributed by atoms with E-state index < -0.39 is 17.7 Å². The van der Waals surface area contributed by atoms with E-state index >= 15 is 0 Å². The Morgan fingerprint density at radius 2 is 1.00 bits per heavy atom. The Labute approximate surface area is 102 Å². The van der Waals surface area contributed by atoms with Crippen molar-refractivity contribution in [3.8, 4) is 0 Å². The third kappa shape index (κ3) is 9.90. The summed E-state index contributed by atoms with van der Waals surface area (Å²) in [6.07, 6.45) is 0. The summed E-state index contributed by atoms with van der Waals surface area (Å²) in [5.41, 5.74) is 0. The minimum absolute atomic E-state index is 0. The van der Waals surface area contributed by atoms with Crippen LogP contribution in [0.15, 0.2) is 0 Å². The molecule has 5 nitrogen and oxygen atoms in total. The molecule has 0 saturated heterocycles. The van der Waals surface area contributed by atoms with E-state index in [0.29, 0.717) is 0 Å². The minimum atomic E-state index is -4.12. The van der Waals surface area contributed by atoms with Crippen LogP contribution in [0.2, 0.25) is 0 Å². The van der Waals surface area contributed by atoms with Crippen molar-refractivity contribution in [3.05, 3.63) is 0 Å². The van der Waals surface area contributed by atoms with Gasteiger partial charge in [0.1, 0.15) is 0 Å². The molecule has 0 aromatic heterocycles. The molecule has 0 aromatic carbocycles. The summed E-state index contributed by atoms with van der Waals surface area (Å²) in [4.78, 5) is 47.7. The summed E-state index contributed by atoms with van der Waals surface area (Å²) in [5.74, 6) is 0. The Hall–Kier alpha value is -0.183. The summed E-state index contributed by atoms with van der Waals surface area (Å²) in [7, 11) is 0. The van der Waals surface area contributed by atoms with E-state index in [4.69, 9.17) is 4.79 Å². The molecule has 0 saturated carbocycles. The van der Waals surface area contributed by atoms with Crippen molar-refractivity contribution in [1.82, 2.24) is 0 Å². The Morgan fingerprint density at radius 1 is 0.857 bits per heavy atom. The SMILES string of the molecule is O=C(Cl)Cl.O=[C]=[Rh](=[C]=O)(=[C]=O)=[C]=O.[Rh]. The van der Waals surface area contributed by atoms with Crippen molar-refractivity contribution in [2.75, 3.05) is 0 Å². The molecule has 9 heteroatoms. The maximum Gasteiger partial charge on any atom is 0 e. The van der Waals surface area contributed by atoms with Crippen LogP contribution in [0, 0.1) is 0 Å². The van der Waals surface area contributed by atoms with E-state index in [9.17, 15) is 19.2 Å². The van der Waals surface area contributed by atoms with Crippen molar-refractivity contribution in [2.45, 2.75) is 0 Å². The van der Waals surface area contributed by atoms with Crippen molar-refractivity contribution in [2.24, 2.45) is 0 Å². The number of rotatable bonds is 0. The quantitative estimate of drug-likeness (QED) is 0.409. The van der Waals surface area contributed by atoms with Gasteiger partial charge in [0.25, 0.3) is 0 Å². The predicted molar refractivity (Wildman–Crippen MR) is 39.9 cm³/mol. The summed E-state index contributed by atoms with van der Waals surface area (Å²) >= 11 is 4.68. The van der Waals surface area contributed by atoms with Crippen LogP contribution in [0.25, 0.3) is 0 Å². The van der Waals surface area contributed by atoms with Gasteiger partial charge in [-0.2, -0.15) is 0 Å². The van der Waals surface area contributed by atoms with Crippen LogP contribution in [0.3, 0.4) is 0 Å². The Balaban J connectivity index is -0.000000209. The van der Waals surface area contributed by atoms with Gasteiger partial charge in [0.05, 0.1) is 0 Å². The van der Waals surface area contributed by atoms with Gasteiger partial charge >= 0.3 is 54.7 Å². The van der Waals surface area contributed by atoms with Crippen LogP contribution in [-0.2, 0) is 51.6 Å². The molecule has 0 N–H and O–H groups in total. The second-order valence-corrected chi connectivity index (χ2v) is 5.67. The van der Waals surface area contributed by atoms with Crippen LogP contribution in [0.1, 0.15) is 0 Å². The molecule has 0 aliphatic rings. The van der Waals surface area contributed by atoms with Gasteiger partial charge in [0, 0.05) is 19.5 Å². The number of carbonyl (C=O) groups excluding carboxylic acids is 5. The van der Waals surface area contributed by atoms with E-state index in [2.05, 4.69) is 23.2 Å². The number of halogens is 2. The molecule has 0 unspecified atom stereocenters. The summed E-state index contributed by atoms with van der Waals surface area (Å²) in [6, 6.07) is 0. The van der Waals surface area contributed by atoms with Crippen LogP contribution in [-0.4, -0.2) is 22.6 Å². The number of carbonyl (C=O) groups is 1. The zero-order valence-electron chi connectivity index (χ0n) is 5.96. The molecule has 0 aliphatic carbocycles. The zero-order valence-corrected chi connectivity index (χ0v) is 10.8.